The summed E-state index contributed by atoms with van der Waals surface area (Å²) in [5.41, 5.74) is 13.7. The number of rotatable bonds is 7. The van der Waals surface area contributed by atoms with Crippen molar-refractivity contribution in [2.24, 2.45) is 0 Å². The number of hydrogen-bond donors (Lipinski definition) is 0. The van der Waals surface area contributed by atoms with Crippen LogP contribution >= 0.6 is 0 Å². The smallest absolute Gasteiger partial charge is 0.0702 e. The molecule has 0 aliphatic heterocycles. The maximum absolute atomic E-state index is 2.46. The monoisotopic (exact) mass is 726 g/mol. The fourth-order valence-corrected chi connectivity index (χ4v) is 9.38. The van der Waals surface area contributed by atoms with Gasteiger partial charge >= 0.3 is 0 Å². The van der Waals surface area contributed by atoms with Gasteiger partial charge in [-0.1, -0.05) is 176 Å². The molecule has 11 rings (SSSR count). The van der Waals surface area contributed by atoms with Crippen LogP contribution in [0.25, 0.3) is 66.1 Å². The average molecular weight is 727 g/mol. The molecular weight excluding hydrogens is 689 g/mol. The summed E-state index contributed by atoms with van der Waals surface area (Å²) in [4.78, 5) is 0. The van der Waals surface area contributed by atoms with E-state index in [1.165, 1.54) is 77.0 Å². The van der Waals surface area contributed by atoms with Gasteiger partial charge in [0.05, 0.1) is 27.5 Å². The topological polar surface area (TPSA) is 9.86 Å². The highest BCUT2D eigenvalue weighted by Gasteiger charge is 2.39. The van der Waals surface area contributed by atoms with Crippen molar-refractivity contribution in [2.75, 3.05) is 0 Å². The van der Waals surface area contributed by atoms with Gasteiger partial charge in [-0.05, 0) is 88.0 Å². The maximum atomic E-state index is 2.46. The van der Waals surface area contributed by atoms with Crippen molar-refractivity contribution in [3.63, 3.8) is 0 Å². The first-order valence-corrected chi connectivity index (χ1v) is 19.7. The molecule has 2 heteroatoms. The molecule has 0 radical (unpaired) electrons. The van der Waals surface area contributed by atoms with Gasteiger partial charge in [0.25, 0.3) is 0 Å². The van der Waals surface area contributed by atoms with Gasteiger partial charge in [0.2, 0.25) is 0 Å². The molecule has 268 valence electrons. The summed E-state index contributed by atoms with van der Waals surface area (Å²) in [6, 6.07) is 84.4. The molecule has 2 heterocycles. The summed E-state index contributed by atoms with van der Waals surface area (Å²) in [6.45, 7) is 0. The first-order chi connectivity index (χ1) is 28.3. The molecule has 0 saturated heterocycles. The molecule has 0 aliphatic rings. The van der Waals surface area contributed by atoms with Crippen molar-refractivity contribution in [3.05, 3.63) is 253 Å². The van der Waals surface area contributed by atoms with Crippen LogP contribution in [-0.2, 0) is 5.41 Å². The van der Waals surface area contributed by atoms with Crippen LogP contribution < -0.4 is 0 Å². The number of aromatic nitrogens is 2. The second-order valence-electron chi connectivity index (χ2n) is 14.9. The van der Waals surface area contributed by atoms with Crippen LogP contribution in [0.15, 0.2) is 231 Å². The lowest BCUT2D eigenvalue weighted by Gasteiger charge is -2.37. The van der Waals surface area contributed by atoms with Gasteiger partial charge in [0.1, 0.15) is 0 Å². The summed E-state index contributed by atoms with van der Waals surface area (Å²) >= 11 is 0. The molecule has 9 aromatic carbocycles. The third kappa shape index (κ3) is 5.18. The van der Waals surface area contributed by atoms with Crippen molar-refractivity contribution in [2.45, 2.75) is 5.41 Å². The van der Waals surface area contributed by atoms with E-state index >= 15 is 0 Å². The van der Waals surface area contributed by atoms with E-state index in [9.17, 15) is 0 Å². The number of fused-ring (bicyclic) bond motifs is 6. The maximum Gasteiger partial charge on any atom is 0.0702 e. The standard InChI is InChI=1S/C55H38N2/c1-5-18-39(19-6-1)40-20-17-25-43(36-40)55(41-21-7-2-8-22-41,42-23-9-3-10-24-42)44-32-34-49-50-38-46(33-35-53(50)56(54(49)37-44)45-26-11-4-12-27-45)57-51-30-15-13-28-47(51)48-29-14-16-31-52(48)57/h1-38H. The zero-order valence-electron chi connectivity index (χ0n) is 31.3. The Kier molecular flexibility index (Phi) is 7.75. The van der Waals surface area contributed by atoms with E-state index in [0.717, 1.165) is 11.4 Å². The van der Waals surface area contributed by atoms with Crippen molar-refractivity contribution in [1.82, 2.24) is 9.13 Å². The van der Waals surface area contributed by atoms with Gasteiger partial charge in [-0.2, -0.15) is 0 Å². The predicted octanol–water partition coefficient (Wildman–Crippen LogP) is 13.9. The molecule has 11 aromatic rings. The molecular formula is C55H38N2. The largest absolute Gasteiger partial charge is 0.309 e. The van der Waals surface area contributed by atoms with E-state index in [-0.39, 0.29) is 0 Å². The van der Waals surface area contributed by atoms with Crippen molar-refractivity contribution < 1.29 is 0 Å². The molecule has 0 unspecified atom stereocenters. The highest BCUT2D eigenvalue weighted by Crippen LogP contribution is 2.48. The van der Waals surface area contributed by atoms with Crippen molar-refractivity contribution in [1.29, 1.82) is 0 Å². The van der Waals surface area contributed by atoms with E-state index in [1.54, 1.807) is 0 Å². The third-order valence-electron chi connectivity index (χ3n) is 11.9. The molecule has 0 fully saturated rings. The van der Waals surface area contributed by atoms with Crippen LogP contribution in [0.2, 0.25) is 0 Å². The summed E-state index contributed by atoms with van der Waals surface area (Å²) in [6.07, 6.45) is 0. The lowest BCUT2D eigenvalue weighted by molar-refractivity contribution is 0.746. The van der Waals surface area contributed by atoms with Gasteiger partial charge in [-0.3, -0.25) is 0 Å². The number of nitrogens with zero attached hydrogens (tertiary/aromatic N) is 2. The van der Waals surface area contributed by atoms with Crippen LogP contribution in [0.1, 0.15) is 22.3 Å². The van der Waals surface area contributed by atoms with Crippen LogP contribution in [0, 0.1) is 0 Å². The fourth-order valence-electron chi connectivity index (χ4n) is 9.38. The van der Waals surface area contributed by atoms with E-state index in [4.69, 9.17) is 0 Å². The number of benzene rings is 9. The predicted molar refractivity (Wildman–Crippen MR) is 239 cm³/mol. The zero-order chi connectivity index (χ0) is 37.8. The lowest BCUT2D eigenvalue weighted by atomic mass is 9.64. The fraction of sp³-hybridized carbons (Fsp3) is 0.0182. The molecule has 0 saturated carbocycles. The molecule has 0 amide bonds. The lowest BCUT2D eigenvalue weighted by Crippen LogP contribution is -2.31. The number of hydrogen-bond acceptors (Lipinski definition) is 0. The Hall–Kier alpha value is -7.42. The molecule has 0 atom stereocenters. The van der Waals surface area contributed by atoms with E-state index in [1.807, 2.05) is 0 Å². The summed E-state index contributed by atoms with van der Waals surface area (Å²) in [5.74, 6) is 0. The van der Waals surface area contributed by atoms with Gasteiger partial charge < -0.3 is 9.13 Å². The Bertz CT molecular complexity index is 3120. The van der Waals surface area contributed by atoms with Gasteiger partial charge in [-0.25, -0.2) is 0 Å². The second-order valence-corrected chi connectivity index (χ2v) is 14.9. The molecule has 2 nitrogen and oxygen atoms in total. The van der Waals surface area contributed by atoms with Crippen LogP contribution in [-0.4, -0.2) is 9.13 Å². The van der Waals surface area contributed by atoms with Crippen molar-refractivity contribution >= 4 is 43.6 Å². The first-order valence-electron chi connectivity index (χ1n) is 19.7. The summed E-state index contributed by atoms with van der Waals surface area (Å²) in [7, 11) is 0. The Morgan fingerprint density at radius 2 is 0.719 bits per heavy atom. The minimum absolute atomic E-state index is 0.617. The highest BCUT2D eigenvalue weighted by atomic mass is 15.0. The zero-order valence-corrected chi connectivity index (χ0v) is 31.3. The van der Waals surface area contributed by atoms with Crippen LogP contribution in [0.4, 0.5) is 0 Å². The Balaban J connectivity index is 1.22. The van der Waals surface area contributed by atoms with Crippen LogP contribution in [0.3, 0.4) is 0 Å². The number of para-hydroxylation sites is 3. The Morgan fingerprint density at radius 3 is 1.37 bits per heavy atom. The Labute approximate surface area is 332 Å². The minimum Gasteiger partial charge on any atom is -0.309 e. The van der Waals surface area contributed by atoms with Gasteiger partial charge in [0.15, 0.2) is 0 Å². The third-order valence-corrected chi connectivity index (χ3v) is 11.9. The normalized spacial score (nSPS) is 11.9. The molecule has 2 aromatic heterocycles. The minimum atomic E-state index is -0.617. The molecule has 0 spiro atoms. The quantitative estimate of drug-likeness (QED) is 0.145. The van der Waals surface area contributed by atoms with E-state index < -0.39 is 5.41 Å². The van der Waals surface area contributed by atoms with Crippen LogP contribution in [0.5, 0.6) is 0 Å². The SMILES string of the molecule is c1ccc(-c2cccc(C(c3ccccc3)(c3ccccc3)c3ccc4c5cc(-n6c7ccccc7c7ccccc76)ccc5n(-c5ccccc5)c4c3)c2)cc1. The molecule has 0 aliphatic carbocycles. The van der Waals surface area contributed by atoms with E-state index in [0.29, 0.717) is 0 Å². The molecule has 0 bridgehead atoms. The van der Waals surface area contributed by atoms with E-state index in [2.05, 4.69) is 240 Å². The van der Waals surface area contributed by atoms with Gasteiger partial charge in [0, 0.05) is 32.9 Å². The first kappa shape index (κ1) is 33.0. The molecule has 0 N–H and O–H groups in total. The summed E-state index contributed by atoms with van der Waals surface area (Å²) < 4.78 is 4.87. The Morgan fingerprint density at radius 1 is 0.246 bits per heavy atom. The highest BCUT2D eigenvalue weighted by molar-refractivity contribution is 6.12. The summed E-state index contributed by atoms with van der Waals surface area (Å²) in [5, 5.41) is 4.96. The second kappa shape index (κ2) is 13.4. The van der Waals surface area contributed by atoms with Gasteiger partial charge in [-0.15, -0.1) is 0 Å². The van der Waals surface area contributed by atoms with Crippen molar-refractivity contribution in [3.8, 4) is 22.5 Å². The average Bonchev–Trinajstić information content (AvgIpc) is 3.80. The molecule has 57 heavy (non-hydrogen) atoms.